The Balaban J connectivity index is 1.56. The topological polar surface area (TPSA) is 95.1 Å². The molecule has 1 amide bonds. The maximum Gasteiger partial charge on any atom is 0.303 e. The smallest absolute Gasteiger partial charge is 0.303 e. The Bertz CT molecular complexity index is 1190. The number of aromatic nitrogens is 1. The monoisotopic (exact) mass is 415 g/mol. The van der Waals surface area contributed by atoms with Crippen LogP contribution in [0.15, 0.2) is 54.7 Å². The number of hydrogen-bond donors (Lipinski definition) is 2. The number of carboxylic acid groups (broad SMARTS) is 1. The average molecular weight is 415 g/mol. The van der Waals surface area contributed by atoms with Crippen LogP contribution >= 0.6 is 0 Å². The lowest BCUT2D eigenvalue weighted by Gasteiger charge is -2.52. The van der Waals surface area contributed by atoms with E-state index in [2.05, 4.69) is 11.4 Å². The molecular formula is C25H25N3O3. The Kier molecular flexibility index (Phi) is 5.06. The van der Waals surface area contributed by atoms with Gasteiger partial charge in [0.2, 0.25) is 0 Å². The third kappa shape index (κ3) is 4.17. The van der Waals surface area contributed by atoms with Crippen LogP contribution in [0.2, 0.25) is 0 Å². The van der Waals surface area contributed by atoms with Crippen LogP contribution in [0.25, 0.3) is 10.9 Å². The standard InChI is InChI=1S/C25H25N3O3/c1-24(12-21(29)30)15-25(2,16-24)27-23(31)20-5-3-4-19-10-11-28(22(19)20)14-18-8-6-17(13-26)7-9-18/h3-11H,12,14-16H2,1-2H3,(H,27,31)(H,29,30). The van der Waals surface area contributed by atoms with Crippen LogP contribution in [0.4, 0.5) is 0 Å². The third-order valence-corrected chi connectivity index (χ3v) is 6.10. The summed E-state index contributed by atoms with van der Waals surface area (Å²) in [7, 11) is 0. The molecule has 4 rings (SSSR count). The van der Waals surface area contributed by atoms with Gasteiger partial charge in [0.15, 0.2) is 0 Å². The maximum absolute atomic E-state index is 13.2. The predicted molar refractivity (Wildman–Crippen MR) is 118 cm³/mol. The molecule has 1 aliphatic carbocycles. The fourth-order valence-electron chi connectivity index (χ4n) is 5.21. The minimum Gasteiger partial charge on any atom is -0.481 e. The summed E-state index contributed by atoms with van der Waals surface area (Å²) < 4.78 is 2.04. The van der Waals surface area contributed by atoms with Crippen molar-refractivity contribution in [3.8, 4) is 6.07 Å². The van der Waals surface area contributed by atoms with Crippen molar-refractivity contribution in [1.82, 2.24) is 9.88 Å². The summed E-state index contributed by atoms with van der Waals surface area (Å²) in [5, 5.41) is 22.2. The highest BCUT2D eigenvalue weighted by atomic mass is 16.4. The van der Waals surface area contributed by atoms with Crippen molar-refractivity contribution in [2.75, 3.05) is 0 Å². The number of nitriles is 1. The zero-order valence-electron chi connectivity index (χ0n) is 17.7. The fourth-order valence-corrected chi connectivity index (χ4v) is 5.21. The first kappa shape index (κ1) is 20.7. The lowest BCUT2D eigenvalue weighted by atomic mass is 9.57. The molecule has 6 nitrogen and oxygen atoms in total. The molecule has 1 heterocycles. The highest BCUT2D eigenvalue weighted by Gasteiger charge is 2.50. The maximum atomic E-state index is 13.2. The summed E-state index contributed by atoms with van der Waals surface area (Å²) in [4.78, 5) is 24.3. The van der Waals surface area contributed by atoms with Crippen LogP contribution in [0.1, 0.15) is 54.6 Å². The molecule has 158 valence electrons. The molecule has 2 N–H and O–H groups in total. The third-order valence-electron chi connectivity index (χ3n) is 6.10. The number of benzene rings is 2. The highest BCUT2D eigenvalue weighted by molar-refractivity contribution is 6.06. The van der Waals surface area contributed by atoms with Gasteiger partial charge in [0.1, 0.15) is 0 Å². The van der Waals surface area contributed by atoms with Crippen LogP contribution in [-0.4, -0.2) is 27.1 Å². The van der Waals surface area contributed by atoms with Gasteiger partial charge in [-0.3, -0.25) is 9.59 Å². The molecule has 0 unspecified atom stereocenters. The second-order valence-corrected chi connectivity index (χ2v) is 9.25. The molecule has 0 saturated heterocycles. The molecule has 0 radical (unpaired) electrons. The molecule has 6 heteroatoms. The zero-order valence-corrected chi connectivity index (χ0v) is 17.7. The normalized spacial score (nSPS) is 22.5. The molecule has 1 aromatic heterocycles. The molecule has 0 aliphatic heterocycles. The molecule has 2 aromatic carbocycles. The summed E-state index contributed by atoms with van der Waals surface area (Å²) in [6, 6.07) is 17.2. The predicted octanol–water partition coefficient (Wildman–Crippen LogP) is 4.32. The van der Waals surface area contributed by atoms with E-state index in [4.69, 9.17) is 10.4 Å². The van der Waals surface area contributed by atoms with Gasteiger partial charge in [-0.2, -0.15) is 5.26 Å². The van der Waals surface area contributed by atoms with Crippen LogP contribution in [-0.2, 0) is 11.3 Å². The molecular weight excluding hydrogens is 390 g/mol. The number of aliphatic carboxylic acids is 1. The van der Waals surface area contributed by atoms with Gasteiger partial charge in [0.25, 0.3) is 5.91 Å². The number of amides is 1. The Morgan fingerprint density at radius 3 is 2.48 bits per heavy atom. The van der Waals surface area contributed by atoms with E-state index in [-0.39, 0.29) is 17.7 Å². The second-order valence-electron chi connectivity index (χ2n) is 9.25. The Hall–Kier alpha value is -3.59. The van der Waals surface area contributed by atoms with E-state index in [1.54, 1.807) is 12.1 Å². The van der Waals surface area contributed by atoms with Gasteiger partial charge in [-0.25, -0.2) is 0 Å². The van der Waals surface area contributed by atoms with Gasteiger partial charge in [0.05, 0.1) is 29.1 Å². The SMILES string of the molecule is CC1(CC(=O)O)CC(C)(NC(=O)c2cccc3ccn(Cc4ccc(C#N)cc4)c23)C1. The van der Waals surface area contributed by atoms with Crippen molar-refractivity contribution in [3.05, 3.63) is 71.4 Å². The van der Waals surface area contributed by atoms with Crippen molar-refractivity contribution >= 4 is 22.8 Å². The van der Waals surface area contributed by atoms with E-state index in [1.165, 1.54) is 0 Å². The number of carboxylic acids is 1. The highest BCUT2D eigenvalue weighted by Crippen LogP contribution is 2.50. The summed E-state index contributed by atoms with van der Waals surface area (Å²) in [6.07, 6.45) is 3.36. The Morgan fingerprint density at radius 1 is 1.13 bits per heavy atom. The van der Waals surface area contributed by atoms with E-state index >= 15 is 0 Å². The summed E-state index contributed by atoms with van der Waals surface area (Å²) >= 11 is 0. The number of para-hydroxylation sites is 1. The second kappa shape index (κ2) is 7.59. The van der Waals surface area contributed by atoms with Crippen molar-refractivity contribution < 1.29 is 14.7 Å². The summed E-state index contributed by atoms with van der Waals surface area (Å²) in [6.45, 7) is 4.52. The molecule has 1 fully saturated rings. The zero-order chi connectivity index (χ0) is 22.2. The lowest BCUT2D eigenvalue weighted by molar-refractivity contribution is -0.142. The van der Waals surface area contributed by atoms with E-state index in [0.717, 1.165) is 16.5 Å². The van der Waals surface area contributed by atoms with Gasteiger partial charge >= 0.3 is 5.97 Å². The van der Waals surface area contributed by atoms with Crippen LogP contribution in [0, 0.1) is 16.7 Å². The van der Waals surface area contributed by atoms with Crippen LogP contribution < -0.4 is 5.32 Å². The molecule has 1 aliphatic rings. The molecule has 0 bridgehead atoms. The minimum absolute atomic E-state index is 0.113. The number of nitrogens with zero attached hydrogens (tertiary/aromatic N) is 2. The molecule has 0 spiro atoms. The average Bonchev–Trinajstić information content (AvgIpc) is 3.09. The first-order valence-electron chi connectivity index (χ1n) is 10.3. The largest absolute Gasteiger partial charge is 0.481 e. The molecule has 31 heavy (non-hydrogen) atoms. The first-order valence-corrected chi connectivity index (χ1v) is 10.3. The van der Waals surface area contributed by atoms with Gasteiger partial charge in [0, 0.05) is 23.7 Å². The van der Waals surface area contributed by atoms with E-state index < -0.39 is 11.5 Å². The minimum atomic E-state index is -0.804. The number of rotatable bonds is 6. The number of carbonyl (C=O) groups excluding carboxylic acids is 1. The van der Waals surface area contributed by atoms with Crippen LogP contribution in [0.3, 0.4) is 0 Å². The Labute approximate surface area is 181 Å². The number of nitrogens with one attached hydrogen (secondary N) is 1. The Morgan fingerprint density at radius 2 is 1.84 bits per heavy atom. The molecule has 1 saturated carbocycles. The molecule has 3 aromatic rings. The number of fused-ring (bicyclic) bond motifs is 1. The van der Waals surface area contributed by atoms with Crippen LogP contribution in [0.5, 0.6) is 0 Å². The van der Waals surface area contributed by atoms with E-state index in [1.807, 2.05) is 61.0 Å². The van der Waals surface area contributed by atoms with Gasteiger partial charge in [-0.1, -0.05) is 31.2 Å². The fraction of sp³-hybridized carbons (Fsp3) is 0.320. The van der Waals surface area contributed by atoms with E-state index in [9.17, 15) is 9.59 Å². The van der Waals surface area contributed by atoms with Crippen molar-refractivity contribution in [2.24, 2.45) is 5.41 Å². The summed E-state index contributed by atoms with van der Waals surface area (Å²) in [5.74, 6) is -0.952. The first-order chi connectivity index (χ1) is 14.7. The summed E-state index contributed by atoms with van der Waals surface area (Å²) in [5.41, 5.74) is 2.43. The van der Waals surface area contributed by atoms with Crippen molar-refractivity contribution in [3.63, 3.8) is 0 Å². The van der Waals surface area contributed by atoms with E-state index in [0.29, 0.717) is 30.5 Å². The number of carbonyl (C=O) groups is 2. The van der Waals surface area contributed by atoms with Gasteiger partial charge < -0.3 is 15.0 Å². The van der Waals surface area contributed by atoms with Crippen molar-refractivity contribution in [1.29, 1.82) is 5.26 Å². The number of hydrogen-bond acceptors (Lipinski definition) is 3. The van der Waals surface area contributed by atoms with Gasteiger partial charge in [-0.15, -0.1) is 0 Å². The lowest BCUT2D eigenvalue weighted by Crippen LogP contribution is -2.59. The molecule has 0 atom stereocenters. The van der Waals surface area contributed by atoms with Gasteiger partial charge in [-0.05, 0) is 55.0 Å². The van der Waals surface area contributed by atoms with Crippen molar-refractivity contribution in [2.45, 2.75) is 45.2 Å². The quantitative estimate of drug-likeness (QED) is 0.627.